The van der Waals surface area contributed by atoms with Gasteiger partial charge in [0, 0.05) is 39.4 Å². The average molecular weight is 395 g/mol. The lowest BCUT2D eigenvalue weighted by Gasteiger charge is -2.40. The zero-order valence-electron chi connectivity index (χ0n) is 17.4. The highest BCUT2D eigenvalue weighted by Crippen LogP contribution is 2.27. The first kappa shape index (κ1) is 22.5. The third kappa shape index (κ3) is 6.41. The number of likely N-dealkylation sites (N-methyl/N-ethyl adjacent to an activating group) is 1. The van der Waals surface area contributed by atoms with Crippen molar-refractivity contribution in [2.24, 2.45) is 5.92 Å². The minimum absolute atomic E-state index is 0.276. The highest BCUT2D eigenvalue weighted by molar-refractivity contribution is 5.78. The largest absolute Gasteiger partial charge is 0.370 e. The molecule has 1 saturated carbocycles. The van der Waals surface area contributed by atoms with Gasteiger partial charge in [-0.15, -0.1) is 0 Å². The Labute approximate surface area is 167 Å². The summed E-state index contributed by atoms with van der Waals surface area (Å²) in [5, 5.41) is 26.4. The summed E-state index contributed by atoms with van der Waals surface area (Å²) in [5.41, 5.74) is 0.955. The van der Waals surface area contributed by atoms with E-state index in [1.165, 1.54) is 32.7 Å². The molecule has 28 heavy (non-hydrogen) atoms. The second kappa shape index (κ2) is 9.65. The van der Waals surface area contributed by atoms with Crippen molar-refractivity contribution in [1.29, 1.82) is 0 Å². The van der Waals surface area contributed by atoms with Crippen LogP contribution in [0.1, 0.15) is 38.2 Å². The summed E-state index contributed by atoms with van der Waals surface area (Å²) in [6.07, 6.45) is 3.95. The van der Waals surface area contributed by atoms with Crippen molar-refractivity contribution in [3.8, 4) is 0 Å². The summed E-state index contributed by atoms with van der Waals surface area (Å²) in [5.74, 6) is 1.46. The normalized spacial score (nSPS) is 23.8. The zero-order chi connectivity index (χ0) is 20.9. The van der Waals surface area contributed by atoms with Gasteiger partial charge in [-0.1, -0.05) is 13.0 Å². The number of aryl methyl sites for hydroxylation is 1. The molecular weight excluding hydrogens is 360 g/mol. The number of amides is 1. The Morgan fingerprint density at radius 1 is 1.14 bits per heavy atom. The lowest BCUT2D eigenvalue weighted by molar-refractivity contribution is -0.308. The van der Waals surface area contributed by atoms with Crippen LogP contribution < -0.4 is 4.90 Å². The number of aliphatic hydroxyl groups is 3. The number of rotatable bonds is 3. The van der Waals surface area contributed by atoms with E-state index in [0.29, 0.717) is 18.5 Å². The number of pyridine rings is 1. The summed E-state index contributed by atoms with van der Waals surface area (Å²) in [4.78, 5) is 20.6. The first-order chi connectivity index (χ1) is 13.1. The molecule has 8 heteroatoms. The molecule has 0 spiro atoms. The minimum atomic E-state index is -2.87. The molecular formula is C20H34N4O4. The number of carbonyl (C=O) groups is 1. The SMILES string of the molecule is CC1CCC(N2CCN(C)C(=O)C2)CC1.Cc1ccc(N(C)C(O)(O)O)nc1. The Morgan fingerprint density at radius 2 is 1.79 bits per heavy atom. The van der Waals surface area contributed by atoms with Gasteiger partial charge in [-0.25, -0.2) is 4.98 Å². The Hall–Kier alpha value is -1.74. The maximum absolute atomic E-state index is 11.6. The molecule has 0 unspecified atom stereocenters. The second-order valence-electron chi connectivity index (χ2n) is 8.05. The maximum Gasteiger partial charge on any atom is 0.370 e. The third-order valence-electron chi connectivity index (χ3n) is 5.68. The van der Waals surface area contributed by atoms with E-state index in [9.17, 15) is 4.79 Å². The fourth-order valence-corrected chi connectivity index (χ4v) is 3.51. The van der Waals surface area contributed by atoms with Gasteiger partial charge in [-0.2, -0.15) is 0 Å². The first-order valence-electron chi connectivity index (χ1n) is 9.89. The van der Waals surface area contributed by atoms with E-state index < -0.39 is 6.10 Å². The van der Waals surface area contributed by atoms with Gasteiger partial charge in [0.1, 0.15) is 5.82 Å². The first-order valence-corrected chi connectivity index (χ1v) is 9.89. The lowest BCUT2D eigenvalue weighted by atomic mass is 9.86. The van der Waals surface area contributed by atoms with E-state index in [-0.39, 0.29) is 5.82 Å². The fourth-order valence-electron chi connectivity index (χ4n) is 3.51. The van der Waals surface area contributed by atoms with E-state index in [2.05, 4.69) is 16.8 Å². The second-order valence-corrected chi connectivity index (χ2v) is 8.05. The topological polar surface area (TPSA) is 100 Å². The van der Waals surface area contributed by atoms with Gasteiger partial charge in [0.25, 0.3) is 0 Å². The molecule has 0 radical (unpaired) electrons. The Balaban J connectivity index is 0.000000203. The van der Waals surface area contributed by atoms with Crippen LogP contribution in [0.15, 0.2) is 18.3 Å². The molecule has 158 valence electrons. The minimum Gasteiger partial charge on any atom is -0.343 e. The van der Waals surface area contributed by atoms with Crippen LogP contribution >= 0.6 is 0 Å². The molecule has 2 fully saturated rings. The number of nitrogens with zero attached hydrogens (tertiary/aromatic N) is 4. The van der Waals surface area contributed by atoms with Crippen LogP contribution in [-0.2, 0) is 4.79 Å². The number of anilines is 1. The quantitative estimate of drug-likeness (QED) is 0.651. The van der Waals surface area contributed by atoms with Crippen LogP contribution in [0.25, 0.3) is 0 Å². The van der Waals surface area contributed by atoms with Crippen LogP contribution in [0.5, 0.6) is 0 Å². The third-order valence-corrected chi connectivity index (χ3v) is 5.68. The highest BCUT2D eigenvalue weighted by Gasteiger charge is 2.29. The van der Waals surface area contributed by atoms with Crippen LogP contribution in [0.3, 0.4) is 0 Å². The van der Waals surface area contributed by atoms with Crippen molar-refractivity contribution in [3.63, 3.8) is 0 Å². The Kier molecular flexibility index (Phi) is 7.77. The van der Waals surface area contributed by atoms with Crippen molar-refractivity contribution in [2.75, 3.05) is 38.6 Å². The standard InChI is InChI=1S/C12H22N2O.C8H12N2O3/c1-10-3-5-11(6-4-10)14-8-7-13(2)12(15)9-14;1-6-3-4-7(9-5-6)10(2)8(11,12)13/h10-11H,3-9H2,1-2H3;3-5,11-13H,1-2H3. The number of hydrogen-bond donors (Lipinski definition) is 3. The van der Waals surface area contributed by atoms with Crippen LogP contribution in [0, 0.1) is 12.8 Å². The predicted molar refractivity (Wildman–Crippen MR) is 107 cm³/mol. The monoisotopic (exact) mass is 394 g/mol. The summed E-state index contributed by atoms with van der Waals surface area (Å²) < 4.78 is 0. The molecule has 0 atom stereocenters. The molecule has 3 N–H and O–H groups in total. The maximum atomic E-state index is 11.6. The molecule has 2 heterocycles. The summed E-state index contributed by atoms with van der Waals surface area (Å²) >= 11 is 0. The van der Waals surface area contributed by atoms with E-state index in [1.807, 2.05) is 18.9 Å². The van der Waals surface area contributed by atoms with Gasteiger partial charge in [0.2, 0.25) is 5.91 Å². The molecule has 3 rings (SSSR count). The molecule has 8 nitrogen and oxygen atoms in total. The zero-order valence-corrected chi connectivity index (χ0v) is 17.4. The van der Waals surface area contributed by atoms with Crippen molar-refractivity contribution in [2.45, 2.75) is 51.7 Å². The lowest BCUT2D eigenvalue weighted by Crippen LogP contribution is -2.52. The molecule has 1 aromatic heterocycles. The average Bonchev–Trinajstić information content (AvgIpc) is 2.64. The van der Waals surface area contributed by atoms with Gasteiger partial charge < -0.3 is 20.2 Å². The molecule has 1 saturated heterocycles. The van der Waals surface area contributed by atoms with Crippen molar-refractivity contribution in [3.05, 3.63) is 23.9 Å². The van der Waals surface area contributed by atoms with Gasteiger partial charge in [0.15, 0.2) is 0 Å². The molecule has 1 aliphatic heterocycles. The highest BCUT2D eigenvalue weighted by atomic mass is 16.7. The molecule has 0 bridgehead atoms. The summed E-state index contributed by atoms with van der Waals surface area (Å²) in [7, 11) is 3.22. The predicted octanol–water partition coefficient (Wildman–Crippen LogP) is 0.754. The van der Waals surface area contributed by atoms with Gasteiger partial charge in [0.05, 0.1) is 6.54 Å². The molecule has 2 aliphatic rings. The van der Waals surface area contributed by atoms with E-state index >= 15 is 0 Å². The molecule has 0 aromatic carbocycles. The number of piperazine rings is 1. The van der Waals surface area contributed by atoms with Crippen molar-refractivity contribution in [1.82, 2.24) is 14.8 Å². The van der Waals surface area contributed by atoms with Gasteiger partial charge >= 0.3 is 6.10 Å². The number of aromatic nitrogens is 1. The van der Waals surface area contributed by atoms with Gasteiger partial charge in [-0.3, -0.25) is 14.6 Å². The van der Waals surface area contributed by atoms with Crippen molar-refractivity contribution < 1.29 is 20.1 Å². The number of hydrogen-bond acceptors (Lipinski definition) is 7. The molecule has 1 aromatic rings. The summed E-state index contributed by atoms with van der Waals surface area (Å²) in [6, 6.07) is 4.01. The molecule has 1 amide bonds. The summed E-state index contributed by atoms with van der Waals surface area (Å²) in [6.45, 7) is 6.83. The van der Waals surface area contributed by atoms with Crippen molar-refractivity contribution >= 4 is 11.7 Å². The Morgan fingerprint density at radius 3 is 2.29 bits per heavy atom. The van der Waals surface area contributed by atoms with Crippen LogP contribution in [0.2, 0.25) is 0 Å². The van der Waals surface area contributed by atoms with Crippen LogP contribution in [-0.4, -0.2) is 81.9 Å². The Bertz CT molecular complexity index is 624. The van der Waals surface area contributed by atoms with Crippen LogP contribution in [0.4, 0.5) is 5.82 Å². The van der Waals surface area contributed by atoms with E-state index in [4.69, 9.17) is 15.3 Å². The smallest absolute Gasteiger partial charge is 0.343 e. The van der Waals surface area contributed by atoms with E-state index in [0.717, 1.165) is 29.5 Å². The molecule has 1 aliphatic carbocycles. The van der Waals surface area contributed by atoms with E-state index in [1.54, 1.807) is 18.3 Å². The van der Waals surface area contributed by atoms with Gasteiger partial charge in [-0.05, 0) is 50.2 Å². The number of carbonyl (C=O) groups excluding carboxylic acids is 1. The fraction of sp³-hybridized carbons (Fsp3) is 0.700.